The van der Waals surface area contributed by atoms with Crippen LogP contribution >= 0.6 is 0 Å². The molecule has 2 unspecified atom stereocenters. The van der Waals surface area contributed by atoms with Gasteiger partial charge < -0.3 is 25.5 Å². The molecular formula is C28H34F5N5O2. The number of carbonyl (C=O) groups is 1. The maximum Gasteiger partial charge on any atom is 0.412 e. The molecule has 3 heterocycles. The average Bonchev–Trinajstić information content (AvgIpc) is 2.83. The summed E-state index contributed by atoms with van der Waals surface area (Å²) in [6, 6.07) is -2.07. The predicted molar refractivity (Wildman–Crippen MR) is 143 cm³/mol. The number of likely N-dealkylation sites (tertiary alicyclic amines) is 1. The van der Waals surface area contributed by atoms with E-state index in [-0.39, 0.29) is 28.1 Å². The first kappa shape index (κ1) is 29.4. The largest absolute Gasteiger partial charge is 0.479 e. The number of guanidine groups is 1. The van der Waals surface area contributed by atoms with Crippen LogP contribution in [-0.2, 0) is 10.7 Å². The number of nitrogens with one attached hydrogen (secondary N) is 2. The topological polar surface area (TPSA) is 80.2 Å². The fraction of sp³-hybridized carbons (Fsp3) is 0.500. The van der Waals surface area contributed by atoms with Gasteiger partial charge in [-0.2, -0.15) is 13.2 Å². The van der Waals surface area contributed by atoms with E-state index < -0.39 is 41.3 Å². The van der Waals surface area contributed by atoms with Crippen LogP contribution in [0.25, 0.3) is 5.70 Å². The van der Waals surface area contributed by atoms with E-state index in [0.717, 1.165) is 31.4 Å². The van der Waals surface area contributed by atoms with Gasteiger partial charge in [0.2, 0.25) is 5.96 Å². The molecule has 40 heavy (non-hydrogen) atoms. The van der Waals surface area contributed by atoms with Crippen LogP contribution in [0.1, 0.15) is 62.8 Å². The average molecular weight is 568 g/mol. The maximum atomic E-state index is 14.6. The van der Waals surface area contributed by atoms with Crippen molar-refractivity contribution in [2.24, 2.45) is 10.4 Å². The summed E-state index contributed by atoms with van der Waals surface area (Å²) >= 11 is 0. The second-order valence-electron chi connectivity index (χ2n) is 10.5. The van der Waals surface area contributed by atoms with Gasteiger partial charge in [-0.25, -0.2) is 18.6 Å². The molecule has 218 valence electrons. The van der Waals surface area contributed by atoms with Gasteiger partial charge in [-0.15, -0.1) is 0 Å². The van der Waals surface area contributed by atoms with Gasteiger partial charge in [0.15, 0.2) is 12.1 Å². The Morgan fingerprint density at radius 1 is 1.23 bits per heavy atom. The Labute approximate surface area is 230 Å². The van der Waals surface area contributed by atoms with Crippen LogP contribution in [0.4, 0.5) is 27.6 Å². The molecule has 2 fully saturated rings. The highest BCUT2D eigenvalue weighted by molar-refractivity contribution is 5.97. The van der Waals surface area contributed by atoms with Crippen LogP contribution in [0, 0.1) is 5.41 Å². The van der Waals surface area contributed by atoms with Gasteiger partial charge in [0, 0.05) is 60.6 Å². The van der Waals surface area contributed by atoms with Crippen LogP contribution in [0.5, 0.6) is 0 Å². The number of fused-ring (bicyclic) bond motifs is 1. The highest BCUT2D eigenvalue weighted by Crippen LogP contribution is 2.51. The number of dihydropyridines is 1. The lowest BCUT2D eigenvalue weighted by atomic mass is 9.63. The van der Waals surface area contributed by atoms with Crippen molar-refractivity contribution >= 4 is 23.3 Å². The number of nitrogens with zero attached hydrogens (tertiary/aromatic N) is 3. The highest BCUT2D eigenvalue weighted by Gasteiger charge is 2.50. The smallest absolute Gasteiger partial charge is 0.412 e. The van der Waals surface area contributed by atoms with Gasteiger partial charge >= 0.3 is 12.1 Å². The lowest BCUT2D eigenvalue weighted by Gasteiger charge is -2.58. The Balaban J connectivity index is 0.00000181. The minimum absolute atomic E-state index is 0.0608. The number of halogens is 5. The minimum Gasteiger partial charge on any atom is -0.479 e. The summed E-state index contributed by atoms with van der Waals surface area (Å²) in [5.74, 6) is -4.44. The summed E-state index contributed by atoms with van der Waals surface area (Å²) in [5.41, 5.74) is -1.03. The number of rotatable bonds is 5. The second-order valence-corrected chi connectivity index (χ2v) is 10.5. The number of hydrogen-bond acceptors (Lipinski definition) is 6. The van der Waals surface area contributed by atoms with Crippen molar-refractivity contribution in [3.05, 3.63) is 59.5 Å². The Hall–Kier alpha value is -3.57. The number of carboxylic acid groups (broad SMARTS) is 1. The van der Waals surface area contributed by atoms with E-state index in [1.54, 1.807) is 11.9 Å². The number of benzene rings is 1. The molecule has 0 bridgehead atoms. The first-order chi connectivity index (χ1) is 18.7. The first-order valence-corrected chi connectivity index (χ1v) is 13.2. The third kappa shape index (κ3) is 5.27. The third-order valence-corrected chi connectivity index (χ3v) is 7.77. The van der Waals surface area contributed by atoms with Gasteiger partial charge in [-0.05, 0) is 43.3 Å². The fourth-order valence-electron chi connectivity index (χ4n) is 5.46. The Bertz CT molecular complexity index is 1270. The van der Waals surface area contributed by atoms with Gasteiger partial charge in [0.25, 0.3) is 5.92 Å². The summed E-state index contributed by atoms with van der Waals surface area (Å²) < 4.78 is 72.8. The fourth-order valence-corrected chi connectivity index (χ4v) is 5.46. The number of carboxylic acids is 1. The minimum atomic E-state index is -4.98. The van der Waals surface area contributed by atoms with Crippen LogP contribution in [0.15, 0.2) is 47.8 Å². The maximum absolute atomic E-state index is 14.6. The zero-order chi connectivity index (χ0) is 29.6. The van der Waals surface area contributed by atoms with Crippen molar-refractivity contribution in [2.75, 3.05) is 20.1 Å². The monoisotopic (exact) mass is 567 g/mol. The van der Waals surface area contributed by atoms with E-state index >= 15 is 0 Å². The molecule has 1 aromatic rings. The summed E-state index contributed by atoms with van der Waals surface area (Å²) in [7, 11) is 1.66. The second kappa shape index (κ2) is 10.4. The third-order valence-electron chi connectivity index (χ3n) is 7.77. The summed E-state index contributed by atoms with van der Waals surface area (Å²) in [5, 5.41) is 14.3. The van der Waals surface area contributed by atoms with Gasteiger partial charge in [0.1, 0.15) is 0 Å². The molecule has 1 aliphatic carbocycles. The SMILES string of the molecule is C=C1c2cc(C(C)(F)F)cc(C(NC3=CC=CNC3C(=O)O)C(F)(F)F)c2N=C(N2CC3(CCC3)C2)N1C.CC. The molecule has 1 aromatic carbocycles. The highest BCUT2D eigenvalue weighted by atomic mass is 19.4. The molecule has 1 saturated carbocycles. The Kier molecular flexibility index (Phi) is 7.68. The first-order valence-electron chi connectivity index (χ1n) is 13.2. The lowest BCUT2D eigenvalue weighted by molar-refractivity contribution is -0.157. The van der Waals surface area contributed by atoms with Gasteiger partial charge in [0.05, 0.1) is 5.69 Å². The number of alkyl halides is 5. The van der Waals surface area contributed by atoms with Crippen molar-refractivity contribution < 1.29 is 31.9 Å². The van der Waals surface area contributed by atoms with Crippen molar-refractivity contribution in [1.29, 1.82) is 0 Å². The summed E-state index contributed by atoms with van der Waals surface area (Å²) in [6.45, 7) is 10.0. The molecule has 1 spiro atoms. The number of hydrogen-bond donors (Lipinski definition) is 3. The normalized spacial score (nSPS) is 22.0. The van der Waals surface area contributed by atoms with Crippen LogP contribution in [-0.4, -0.2) is 59.2 Å². The molecule has 7 nitrogen and oxygen atoms in total. The lowest BCUT2D eigenvalue weighted by Crippen LogP contribution is -2.63. The molecule has 2 atom stereocenters. The molecule has 3 N–H and O–H groups in total. The van der Waals surface area contributed by atoms with E-state index in [9.17, 15) is 31.9 Å². The van der Waals surface area contributed by atoms with Crippen molar-refractivity contribution in [2.45, 2.75) is 64.2 Å². The molecular weight excluding hydrogens is 533 g/mol. The Morgan fingerprint density at radius 2 is 1.88 bits per heavy atom. The molecule has 12 heteroatoms. The van der Waals surface area contributed by atoms with Crippen molar-refractivity contribution in [1.82, 2.24) is 20.4 Å². The number of aliphatic carboxylic acids is 1. The molecule has 5 rings (SSSR count). The Morgan fingerprint density at radius 3 is 2.40 bits per heavy atom. The van der Waals surface area contributed by atoms with Crippen molar-refractivity contribution in [3.8, 4) is 0 Å². The van der Waals surface area contributed by atoms with Crippen molar-refractivity contribution in [3.63, 3.8) is 0 Å². The molecule has 0 aromatic heterocycles. The molecule has 3 aliphatic heterocycles. The number of aliphatic imine (C=N–C) groups is 1. The van der Waals surface area contributed by atoms with E-state index in [4.69, 9.17) is 0 Å². The molecule has 4 aliphatic rings. The standard InChI is InChI=1S/C26H28F5N5O2.C2H6/c1-14-16-10-15(24(2,27)28)11-17(19(16)34-23(35(14)3)36-12-25(13-36)7-5-8-25)21(26(29,30)31)33-18-6-4-9-32-20(18)22(37)38;1-2/h4,6,9-11,20-21,32-33H,1,5,7-8,12-13H2,2-3H3,(H,37,38);1-2H3. The molecule has 0 radical (unpaired) electrons. The summed E-state index contributed by atoms with van der Waals surface area (Å²) in [4.78, 5) is 19.8. The van der Waals surface area contributed by atoms with Gasteiger partial charge in [-0.3, -0.25) is 0 Å². The van der Waals surface area contributed by atoms with Gasteiger partial charge in [-0.1, -0.05) is 26.8 Å². The zero-order valence-corrected chi connectivity index (χ0v) is 22.9. The van der Waals surface area contributed by atoms with E-state index in [1.165, 1.54) is 18.4 Å². The van der Waals surface area contributed by atoms with Crippen LogP contribution in [0.2, 0.25) is 0 Å². The van der Waals surface area contributed by atoms with E-state index in [2.05, 4.69) is 22.2 Å². The van der Waals surface area contributed by atoms with E-state index in [1.807, 2.05) is 18.7 Å². The van der Waals surface area contributed by atoms with Crippen LogP contribution in [0.3, 0.4) is 0 Å². The quantitative estimate of drug-likeness (QED) is 0.387. The van der Waals surface area contributed by atoms with Crippen LogP contribution < -0.4 is 10.6 Å². The zero-order valence-electron chi connectivity index (χ0n) is 22.9. The summed E-state index contributed by atoms with van der Waals surface area (Å²) in [6.07, 6.45) is 2.19. The number of allylic oxidation sites excluding steroid dienone is 2. The molecule has 0 amide bonds. The molecule has 1 saturated heterocycles. The van der Waals surface area contributed by atoms with E-state index in [0.29, 0.717) is 26.0 Å². The predicted octanol–water partition coefficient (Wildman–Crippen LogP) is 5.86.